The summed E-state index contributed by atoms with van der Waals surface area (Å²) in [4.78, 5) is 11.3. The molecule has 0 aliphatic heterocycles. The van der Waals surface area contributed by atoms with Gasteiger partial charge in [-0.2, -0.15) is 0 Å². The predicted octanol–water partition coefficient (Wildman–Crippen LogP) is 2.13. The molecule has 1 aromatic rings. The molecule has 0 amide bonds. The number of ether oxygens (including phenoxy) is 1. The Morgan fingerprint density at radius 2 is 2.20 bits per heavy atom. The van der Waals surface area contributed by atoms with Crippen molar-refractivity contribution in [2.45, 2.75) is 6.92 Å². The zero-order chi connectivity index (χ0) is 11.6. The van der Waals surface area contributed by atoms with Crippen LogP contribution >= 0.6 is 11.6 Å². The van der Waals surface area contributed by atoms with Gasteiger partial charge in [-0.3, -0.25) is 5.21 Å². The van der Waals surface area contributed by atoms with Gasteiger partial charge in [-0.25, -0.2) is 4.79 Å². The van der Waals surface area contributed by atoms with Gasteiger partial charge in [0.25, 0.3) is 0 Å². The number of nitrogens with zero attached hydrogens (tertiary/aromatic N) is 1. The molecule has 0 fully saturated rings. The number of halogens is 1. The molecule has 0 unspecified atom stereocenters. The van der Waals surface area contributed by atoms with Crippen LogP contribution in [0.3, 0.4) is 0 Å². The van der Waals surface area contributed by atoms with E-state index in [1.54, 1.807) is 6.92 Å². The Morgan fingerprint density at radius 3 is 2.67 bits per heavy atom. The van der Waals surface area contributed by atoms with E-state index in [4.69, 9.17) is 16.8 Å². The second-order valence-corrected chi connectivity index (χ2v) is 3.27. The molecular formula is C9H9ClNO4-. The summed E-state index contributed by atoms with van der Waals surface area (Å²) in [7, 11) is 1.22. The summed E-state index contributed by atoms with van der Waals surface area (Å²) in [5.41, 5.74) is 0.523. The van der Waals surface area contributed by atoms with Crippen LogP contribution < -0.4 is 5.23 Å². The molecule has 0 heterocycles. The Morgan fingerprint density at radius 1 is 1.60 bits per heavy atom. The van der Waals surface area contributed by atoms with Crippen molar-refractivity contribution in [1.82, 2.24) is 0 Å². The van der Waals surface area contributed by atoms with Gasteiger partial charge in [0.1, 0.15) is 0 Å². The van der Waals surface area contributed by atoms with Gasteiger partial charge in [0, 0.05) is 5.02 Å². The smallest absolute Gasteiger partial charge is 0.338 e. The van der Waals surface area contributed by atoms with Gasteiger partial charge in [0.15, 0.2) is 0 Å². The number of esters is 1. The first-order valence-corrected chi connectivity index (χ1v) is 4.39. The van der Waals surface area contributed by atoms with E-state index in [1.165, 1.54) is 19.2 Å². The molecular weight excluding hydrogens is 222 g/mol. The monoisotopic (exact) mass is 230 g/mol. The van der Waals surface area contributed by atoms with Crippen molar-refractivity contribution in [1.29, 1.82) is 0 Å². The highest BCUT2D eigenvalue weighted by Gasteiger charge is 2.13. The van der Waals surface area contributed by atoms with Crippen LogP contribution in [-0.4, -0.2) is 18.3 Å². The first-order chi connectivity index (χ1) is 6.97. The molecule has 1 aromatic carbocycles. The summed E-state index contributed by atoms with van der Waals surface area (Å²) >= 11 is 5.78. The number of carbonyl (C=O) groups excluding carboxylic acids is 1. The third kappa shape index (κ3) is 2.38. The van der Waals surface area contributed by atoms with Crippen LogP contribution in [0.15, 0.2) is 12.1 Å². The minimum Gasteiger partial charge on any atom is -0.733 e. The third-order valence-corrected chi connectivity index (χ3v) is 2.35. The first kappa shape index (κ1) is 11.8. The lowest BCUT2D eigenvalue weighted by Crippen LogP contribution is -2.10. The van der Waals surface area contributed by atoms with Crippen LogP contribution in [0.5, 0.6) is 0 Å². The average Bonchev–Trinajstić information content (AvgIpc) is 2.20. The van der Waals surface area contributed by atoms with Crippen LogP contribution in [-0.2, 0) is 4.74 Å². The van der Waals surface area contributed by atoms with Crippen molar-refractivity contribution in [2.24, 2.45) is 0 Å². The molecule has 0 radical (unpaired) electrons. The molecule has 1 N–H and O–H groups in total. The molecule has 0 spiro atoms. The summed E-state index contributed by atoms with van der Waals surface area (Å²) in [6.07, 6.45) is 0. The molecule has 0 bridgehead atoms. The largest absolute Gasteiger partial charge is 0.733 e. The third-order valence-electron chi connectivity index (χ3n) is 1.96. The van der Waals surface area contributed by atoms with Gasteiger partial charge in [0.05, 0.1) is 18.4 Å². The van der Waals surface area contributed by atoms with E-state index in [2.05, 4.69) is 4.74 Å². The van der Waals surface area contributed by atoms with Crippen molar-refractivity contribution in [3.05, 3.63) is 33.5 Å². The van der Waals surface area contributed by atoms with Gasteiger partial charge < -0.3 is 15.2 Å². The topological polar surface area (TPSA) is 72.8 Å². The first-order valence-electron chi connectivity index (χ1n) is 4.02. The van der Waals surface area contributed by atoms with E-state index in [-0.39, 0.29) is 21.5 Å². The minimum atomic E-state index is -0.613. The molecule has 0 aromatic heterocycles. The molecule has 0 saturated carbocycles. The van der Waals surface area contributed by atoms with Crippen LogP contribution in [0, 0.1) is 12.1 Å². The average molecular weight is 231 g/mol. The van der Waals surface area contributed by atoms with Crippen molar-refractivity contribution < 1.29 is 14.7 Å². The SMILES string of the molecule is COC(=O)c1cc(N([O-])O)cc(Cl)c1C. The highest BCUT2D eigenvalue weighted by molar-refractivity contribution is 6.32. The second kappa shape index (κ2) is 4.48. The number of benzene rings is 1. The lowest BCUT2D eigenvalue weighted by molar-refractivity contribution is 0.0600. The van der Waals surface area contributed by atoms with E-state index in [0.29, 0.717) is 5.56 Å². The molecule has 5 nitrogen and oxygen atoms in total. The van der Waals surface area contributed by atoms with Crippen molar-refractivity contribution in [3.8, 4) is 0 Å². The zero-order valence-electron chi connectivity index (χ0n) is 8.15. The van der Waals surface area contributed by atoms with Crippen LogP contribution in [0.25, 0.3) is 0 Å². The molecule has 6 heteroatoms. The lowest BCUT2D eigenvalue weighted by atomic mass is 10.1. The van der Waals surface area contributed by atoms with E-state index in [0.717, 1.165) is 0 Å². The molecule has 0 aliphatic rings. The number of methoxy groups -OCH3 is 1. The van der Waals surface area contributed by atoms with E-state index in [1.807, 2.05) is 0 Å². The van der Waals surface area contributed by atoms with Crippen LogP contribution in [0.2, 0.25) is 5.02 Å². The lowest BCUT2D eigenvalue weighted by Gasteiger charge is -2.22. The number of hydrogen-bond donors (Lipinski definition) is 1. The summed E-state index contributed by atoms with van der Waals surface area (Å²) < 4.78 is 4.51. The molecule has 1 rings (SSSR count). The second-order valence-electron chi connectivity index (χ2n) is 2.86. The highest BCUT2D eigenvalue weighted by atomic mass is 35.5. The standard InChI is InChI=1S/C9H9ClNO4/c1-5-7(9(12)15-2)3-6(11(13)14)4-8(5)10/h3-4,13H,1-2H3/q-1. The molecule has 15 heavy (non-hydrogen) atoms. The predicted molar refractivity (Wildman–Crippen MR) is 55.2 cm³/mol. The molecule has 0 aliphatic carbocycles. The maximum atomic E-state index is 11.3. The Balaban J connectivity index is 3.31. The van der Waals surface area contributed by atoms with Gasteiger partial charge in [-0.15, -0.1) is 0 Å². The summed E-state index contributed by atoms with van der Waals surface area (Å²) in [6.45, 7) is 1.62. The van der Waals surface area contributed by atoms with Gasteiger partial charge in [-0.05, 0) is 24.6 Å². The number of rotatable bonds is 2. The van der Waals surface area contributed by atoms with Crippen molar-refractivity contribution in [2.75, 3.05) is 12.3 Å². The van der Waals surface area contributed by atoms with E-state index < -0.39 is 5.97 Å². The van der Waals surface area contributed by atoms with Crippen molar-refractivity contribution in [3.63, 3.8) is 0 Å². The summed E-state index contributed by atoms with van der Waals surface area (Å²) in [5, 5.41) is 19.2. The van der Waals surface area contributed by atoms with Crippen LogP contribution in [0.4, 0.5) is 5.69 Å². The number of anilines is 1. The van der Waals surface area contributed by atoms with Gasteiger partial charge in [0.2, 0.25) is 0 Å². The molecule has 0 saturated heterocycles. The Hall–Kier alpha value is -1.30. The Kier molecular flexibility index (Phi) is 3.52. The maximum Gasteiger partial charge on any atom is 0.338 e. The fraction of sp³-hybridized carbons (Fsp3) is 0.222. The summed E-state index contributed by atoms with van der Waals surface area (Å²) in [6, 6.07) is 2.47. The zero-order valence-corrected chi connectivity index (χ0v) is 8.91. The Bertz CT molecular complexity index is 392. The van der Waals surface area contributed by atoms with Gasteiger partial charge >= 0.3 is 5.97 Å². The molecule has 82 valence electrons. The fourth-order valence-electron chi connectivity index (χ4n) is 1.10. The summed E-state index contributed by atoms with van der Waals surface area (Å²) in [5.74, 6) is -0.613. The van der Waals surface area contributed by atoms with Gasteiger partial charge in [-0.1, -0.05) is 11.6 Å². The normalized spacial score (nSPS) is 9.93. The fourth-order valence-corrected chi connectivity index (χ4v) is 1.31. The maximum absolute atomic E-state index is 11.3. The number of hydrogen-bond acceptors (Lipinski definition) is 5. The molecule has 0 atom stereocenters. The van der Waals surface area contributed by atoms with E-state index >= 15 is 0 Å². The highest BCUT2D eigenvalue weighted by Crippen LogP contribution is 2.26. The van der Waals surface area contributed by atoms with Crippen molar-refractivity contribution >= 4 is 23.3 Å². The Labute approximate surface area is 91.4 Å². The van der Waals surface area contributed by atoms with E-state index in [9.17, 15) is 10.0 Å². The quantitative estimate of drug-likeness (QED) is 0.622. The van der Waals surface area contributed by atoms with Crippen LogP contribution in [0.1, 0.15) is 15.9 Å². The number of carbonyl (C=O) groups is 1. The minimum absolute atomic E-state index is 0.119.